The van der Waals surface area contributed by atoms with Crippen molar-refractivity contribution in [1.29, 1.82) is 0 Å². The molecule has 0 unspecified atom stereocenters. The minimum atomic E-state index is -3.89. The Morgan fingerprint density at radius 1 is 1.06 bits per heavy atom. The van der Waals surface area contributed by atoms with Gasteiger partial charge in [0.2, 0.25) is 0 Å². The molecule has 0 radical (unpaired) electrons. The summed E-state index contributed by atoms with van der Waals surface area (Å²) in [4.78, 5) is 22.9. The van der Waals surface area contributed by atoms with E-state index >= 15 is 0 Å². The minimum Gasteiger partial charge on any atom is -0.303 e. The first-order valence-electron chi connectivity index (χ1n) is 10.4. The molecule has 2 aromatic carbocycles. The number of carbonyl (C=O) groups excluding carboxylic acids is 1. The summed E-state index contributed by atoms with van der Waals surface area (Å²) in [6.45, 7) is 3.46. The zero-order chi connectivity index (χ0) is 25.5. The van der Waals surface area contributed by atoms with Crippen LogP contribution in [0.1, 0.15) is 27.2 Å². The van der Waals surface area contributed by atoms with E-state index in [1.807, 2.05) is 0 Å². The molecular formula is C25H20ClF2N3O3S. The SMILES string of the molecule is Cc1cc(C)c(C(=O)N(Cc2ccc3cc(F)c(Cl)nc3c2)c2ccc(F)cc2S(C)(=O)=O)cn1. The Morgan fingerprint density at radius 3 is 2.49 bits per heavy atom. The van der Waals surface area contributed by atoms with Crippen molar-refractivity contribution >= 4 is 43.9 Å². The van der Waals surface area contributed by atoms with Crippen LogP contribution in [0, 0.1) is 25.5 Å². The largest absolute Gasteiger partial charge is 0.303 e. The van der Waals surface area contributed by atoms with Gasteiger partial charge in [-0.3, -0.25) is 9.78 Å². The summed E-state index contributed by atoms with van der Waals surface area (Å²) in [5.74, 6) is -1.92. The lowest BCUT2D eigenvalue weighted by atomic mass is 10.1. The van der Waals surface area contributed by atoms with Gasteiger partial charge in [-0.25, -0.2) is 22.2 Å². The van der Waals surface area contributed by atoms with E-state index in [0.717, 1.165) is 18.4 Å². The van der Waals surface area contributed by atoms with Gasteiger partial charge in [0.05, 0.1) is 28.2 Å². The van der Waals surface area contributed by atoms with E-state index in [1.165, 1.54) is 23.2 Å². The number of benzene rings is 2. The molecule has 4 aromatic rings. The van der Waals surface area contributed by atoms with Gasteiger partial charge in [0, 0.05) is 23.5 Å². The molecular weight excluding hydrogens is 496 g/mol. The number of pyridine rings is 2. The fraction of sp³-hybridized carbons (Fsp3) is 0.160. The van der Waals surface area contributed by atoms with Gasteiger partial charge in [0.15, 0.2) is 20.8 Å². The van der Waals surface area contributed by atoms with E-state index in [-0.39, 0.29) is 27.8 Å². The van der Waals surface area contributed by atoms with Crippen molar-refractivity contribution in [2.24, 2.45) is 0 Å². The number of rotatable bonds is 5. The Balaban J connectivity index is 1.88. The molecule has 0 spiro atoms. The number of fused-ring (bicyclic) bond motifs is 1. The second-order valence-electron chi connectivity index (χ2n) is 8.20. The van der Waals surface area contributed by atoms with E-state index in [2.05, 4.69) is 9.97 Å². The molecule has 10 heteroatoms. The number of nitrogens with zero attached hydrogens (tertiary/aromatic N) is 3. The van der Waals surface area contributed by atoms with Crippen LogP contribution in [0.4, 0.5) is 14.5 Å². The third-order valence-corrected chi connectivity index (χ3v) is 6.86. The highest BCUT2D eigenvalue weighted by atomic mass is 35.5. The fourth-order valence-corrected chi connectivity index (χ4v) is 4.81. The second kappa shape index (κ2) is 9.31. The van der Waals surface area contributed by atoms with Crippen LogP contribution in [0.3, 0.4) is 0 Å². The average Bonchev–Trinajstić information content (AvgIpc) is 2.77. The van der Waals surface area contributed by atoms with Crippen molar-refractivity contribution in [3.05, 3.63) is 93.9 Å². The average molecular weight is 516 g/mol. The van der Waals surface area contributed by atoms with E-state index < -0.39 is 27.4 Å². The third kappa shape index (κ3) is 5.16. The number of amides is 1. The van der Waals surface area contributed by atoms with Gasteiger partial charge < -0.3 is 4.90 Å². The van der Waals surface area contributed by atoms with Crippen LogP contribution in [0.15, 0.2) is 59.6 Å². The Morgan fingerprint density at radius 2 is 1.80 bits per heavy atom. The number of anilines is 1. The van der Waals surface area contributed by atoms with E-state index in [9.17, 15) is 22.0 Å². The quantitative estimate of drug-likeness (QED) is 0.331. The fourth-order valence-electron chi connectivity index (χ4n) is 3.78. The lowest BCUT2D eigenvalue weighted by Crippen LogP contribution is -2.32. The number of halogens is 3. The molecule has 0 aliphatic heterocycles. The predicted molar refractivity (Wildman–Crippen MR) is 130 cm³/mol. The van der Waals surface area contributed by atoms with Crippen LogP contribution in [-0.4, -0.2) is 30.5 Å². The van der Waals surface area contributed by atoms with Crippen molar-refractivity contribution in [2.45, 2.75) is 25.3 Å². The van der Waals surface area contributed by atoms with Crippen LogP contribution in [0.5, 0.6) is 0 Å². The first-order valence-corrected chi connectivity index (χ1v) is 12.7. The van der Waals surface area contributed by atoms with Crippen molar-refractivity contribution in [3.8, 4) is 0 Å². The van der Waals surface area contributed by atoms with Gasteiger partial charge in [-0.2, -0.15) is 0 Å². The number of aromatic nitrogens is 2. The third-order valence-electron chi connectivity index (χ3n) is 5.47. The molecule has 0 bridgehead atoms. The van der Waals surface area contributed by atoms with E-state index in [1.54, 1.807) is 38.1 Å². The maximum absolute atomic E-state index is 14.0. The summed E-state index contributed by atoms with van der Waals surface area (Å²) >= 11 is 5.83. The van der Waals surface area contributed by atoms with Gasteiger partial charge in [-0.1, -0.05) is 23.7 Å². The van der Waals surface area contributed by atoms with Gasteiger partial charge in [-0.05, 0) is 61.4 Å². The summed E-state index contributed by atoms with van der Waals surface area (Å²) < 4.78 is 52.8. The number of carbonyl (C=O) groups is 1. The second-order valence-corrected chi connectivity index (χ2v) is 10.5. The lowest BCUT2D eigenvalue weighted by molar-refractivity contribution is 0.0983. The highest BCUT2D eigenvalue weighted by Gasteiger charge is 2.26. The zero-order valence-electron chi connectivity index (χ0n) is 19.0. The van der Waals surface area contributed by atoms with Gasteiger partial charge in [-0.15, -0.1) is 0 Å². The molecule has 6 nitrogen and oxygen atoms in total. The Hall–Kier alpha value is -3.43. The minimum absolute atomic E-state index is 0.0177. The van der Waals surface area contributed by atoms with Gasteiger partial charge in [0.25, 0.3) is 5.91 Å². The smallest absolute Gasteiger partial charge is 0.260 e. The molecule has 2 aromatic heterocycles. The summed E-state index contributed by atoms with van der Waals surface area (Å²) in [7, 11) is -3.89. The Labute approximate surface area is 206 Å². The molecule has 0 fully saturated rings. The number of aryl methyl sites for hydroxylation is 2. The molecule has 1 amide bonds. The highest BCUT2D eigenvalue weighted by Crippen LogP contribution is 2.30. The normalized spacial score (nSPS) is 11.6. The Bertz CT molecular complexity index is 1590. The molecule has 0 saturated heterocycles. The standard InChI is InChI=1S/C25H20ClF2N3O3S/c1-14-8-15(2)29-12-19(14)25(32)31(22-7-6-18(27)11-23(22)35(3,33)34)13-16-4-5-17-10-20(28)24(26)30-21(17)9-16/h4-12H,13H2,1-3H3. The molecule has 35 heavy (non-hydrogen) atoms. The molecule has 180 valence electrons. The van der Waals surface area contributed by atoms with Gasteiger partial charge in [0.1, 0.15) is 5.82 Å². The highest BCUT2D eigenvalue weighted by molar-refractivity contribution is 7.90. The van der Waals surface area contributed by atoms with E-state index in [4.69, 9.17) is 11.6 Å². The number of sulfone groups is 1. The molecule has 0 saturated carbocycles. The zero-order valence-corrected chi connectivity index (χ0v) is 20.6. The molecule has 0 aliphatic carbocycles. The first-order chi connectivity index (χ1) is 16.4. The topological polar surface area (TPSA) is 80.2 Å². The molecule has 2 heterocycles. The van der Waals surface area contributed by atoms with Crippen LogP contribution >= 0.6 is 11.6 Å². The summed E-state index contributed by atoms with van der Waals surface area (Å²) in [5, 5.41) is 0.215. The lowest BCUT2D eigenvalue weighted by Gasteiger charge is -2.26. The van der Waals surface area contributed by atoms with Crippen molar-refractivity contribution in [2.75, 3.05) is 11.2 Å². The van der Waals surface area contributed by atoms with Crippen LogP contribution in [0.2, 0.25) is 5.15 Å². The van der Waals surface area contributed by atoms with Crippen molar-refractivity contribution in [1.82, 2.24) is 9.97 Å². The predicted octanol–water partition coefficient (Wildman–Crippen LogP) is 5.43. The Kier molecular flexibility index (Phi) is 6.57. The number of hydrogen-bond donors (Lipinski definition) is 0. The monoisotopic (exact) mass is 515 g/mol. The maximum atomic E-state index is 14.0. The molecule has 0 aliphatic rings. The van der Waals surface area contributed by atoms with Crippen molar-refractivity contribution in [3.63, 3.8) is 0 Å². The summed E-state index contributed by atoms with van der Waals surface area (Å²) in [6.07, 6.45) is 2.37. The van der Waals surface area contributed by atoms with E-state index in [0.29, 0.717) is 27.7 Å². The van der Waals surface area contributed by atoms with Crippen LogP contribution in [-0.2, 0) is 16.4 Å². The maximum Gasteiger partial charge on any atom is 0.260 e. The number of hydrogen-bond acceptors (Lipinski definition) is 5. The molecule has 4 rings (SSSR count). The summed E-state index contributed by atoms with van der Waals surface area (Å²) in [5.41, 5.74) is 2.62. The van der Waals surface area contributed by atoms with Crippen LogP contribution < -0.4 is 4.90 Å². The first kappa shape index (κ1) is 24.7. The van der Waals surface area contributed by atoms with Crippen LogP contribution in [0.25, 0.3) is 10.9 Å². The summed E-state index contributed by atoms with van der Waals surface area (Å²) in [6, 6.07) is 11.1. The molecule has 0 atom stereocenters. The van der Waals surface area contributed by atoms with Gasteiger partial charge >= 0.3 is 0 Å². The molecule has 0 N–H and O–H groups in total. The van der Waals surface area contributed by atoms with Crippen molar-refractivity contribution < 1.29 is 22.0 Å².